The van der Waals surface area contributed by atoms with Gasteiger partial charge in [0.1, 0.15) is 0 Å². The number of hydrogen-bond donors (Lipinski definition) is 1. The molecule has 0 aliphatic heterocycles. The molecule has 0 aliphatic rings. The maximum Gasteiger partial charge on any atom is 0.184 e. The molecule has 0 unspecified atom stereocenters. The summed E-state index contributed by atoms with van der Waals surface area (Å²) < 4.78 is 13.0. The smallest absolute Gasteiger partial charge is 0.184 e. The van der Waals surface area contributed by atoms with Crippen LogP contribution in [0.15, 0.2) is 60.7 Å². The summed E-state index contributed by atoms with van der Waals surface area (Å²) in [6.45, 7) is 15.1. The molecule has 5 heteroatoms. The molecule has 29 heavy (non-hydrogen) atoms. The minimum absolute atomic E-state index is 0.124. The van der Waals surface area contributed by atoms with Gasteiger partial charge in [-0.05, 0) is 57.3 Å². The highest BCUT2D eigenvalue weighted by Gasteiger charge is 2.34. The quantitative estimate of drug-likeness (QED) is 0.426. The summed E-state index contributed by atoms with van der Waals surface area (Å²) in [5, 5.41) is 11.4. The Morgan fingerprint density at radius 1 is 0.690 bits per heavy atom. The van der Waals surface area contributed by atoms with Crippen molar-refractivity contribution in [1.29, 1.82) is 0 Å². The zero-order valence-electron chi connectivity index (χ0n) is 19.1. The molecule has 0 spiro atoms. The fourth-order valence-electron chi connectivity index (χ4n) is 3.53. The van der Waals surface area contributed by atoms with E-state index in [4.69, 9.17) is 8.85 Å². The van der Waals surface area contributed by atoms with Gasteiger partial charge in [0.15, 0.2) is 16.6 Å². The number of aliphatic hydroxyl groups is 1. The lowest BCUT2D eigenvalue weighted by atomic mass is 9.87. The lowest BCUT2D eigenvalue weighted by Crippen LogP contribution is -2.37. The fourth-order valence-corrected chi connectivity index (χ4v) is 5.67. The molecule has 2 aromatic rings. The standard InChI is InChI=1S/C24H38O3Si2/c1-24(25,18-22(26-28(2,3)4)20-14-10-8-11-15-20)19-23(27-29(5,6)7)21-16-12-9-13-17-21/h8-17,22-23,25H,18-19H2,1-7H3/t22-,23-/m0/s1. The molecule has 0 fully saturated rings. The summed E-state index contributed by atoms with van der Waals surface area (Å²) in [6, 6.07) is 20.5. The van der Waals surface area contributed by atoms with Crippen molar-refractivity contribution < 1.29 is 14.0 Å². The number of rotatable bonds is 10. The molecule has 0 amide bonds. The van der Waals surface area contributed by atoms with E-state index in [-0.39, 0.29) is 12.2 Å². The molecular formula is C24H38O3Si2. The molecule has 0 aromatic heterocycles. The lowest BCUT2D eigenvalue weighted by molar-refractivity contribution is -0.0260. The van der Waals surface area contributed by atoms with Crippen molar-refractivity contribution in [1.82, 2.24) is 0 Å². The van der Waals surface area contributed by atoms with Crippen LogP contribution in [0.25, 0.3) is 0 Å². The van der Waals surface area contributed by atoms with Crippen LogP contribution in [0.2, 0.25) is 39.3 Å². The third kappa shape index (κ3) is 8.97. The summed E-state index contributed by atoms with van der Waals surface area (Å²) in [6.07, 6.45) is 0.835. The van der Waals surface area contributed by atoms with E-state index in [0.29, 0.717) is 12.8 Å². The Morgan fingerprint density at radius 3 is 1.28 bits per heavy atom. The molecule has 0 saturated carbocycles. The Hall–Kier alpha value is -1.25. The largest absolute Gasteiger partial charge is 0.411 e. The number of benzene rings is 2. The third-order valence-corrected chi connectivity index (χ3v) is 6.57. The predicted octanol–water partition coefficient (Wildman–Crippen LogP) is 6.70. The average molecular weight is 431 g/mol. The Labute approximate surface area is 179 Å². The molecule has 0 radical (unpaired) electrons. The molecular weight excluding hydrogens is 392 g/mol. The first kappa shape index (κ1) is 24.0. The molecule has 2 aromatic carbocycles. The second-order valence-corrected chi connectivity index (χ2v) is 19.1. The molecule has 160 valence electrons. The van der Waals surface area contributed by atoms with Crippen molar-refractivity contribution in [3.05, 3.63) is 71.8 Å². The average Bonchev–Trinajstić information content (AvgIpc) is 2.59. The van der Waals surface area contributed by atoms with Crippen LogP contribution in [0.1, 0.15) is 43.1 Å². The van der Waals surface area contributed by atoms with Gasteiger partial charge < -0.3 is 14.0 Å². The van der Waals surface area contributed by atoms with Crippen LogP contribution in [0, 0.1) is 0 Å². The first-order valence-corrected chi connectivity index (χ1v) is 17.3. The highest BCUT2D eigenvalue weighted by Crippen LogP contribution is 2.37. The second-order valence-electron chi connectivity index (χ2n) is 10.2. The van der Waals surface area contributed by atoms with E-state index in [2.05, 4.69) is 63.5 Å². The van der Waals surface area contributed by atoms with E-state index < -0.39 is 22.2 Å². The van der Waals surface area contributed by atoms with Crippen molar-refractivity contribution in [2.45, 2.75) is 76.9 Å². The SMILES string of the molecule is CC(O)(C[C@H](O[Si](C)(C)C)c1ccccc1)C[C@H](O[Si](C)(C)C)c1ccccc1. The van der Waals surface area contributed by atoms with Gasteiger partial charge in [-0.1, -0.05) is 60.7 Å². The van der Waals surface area contributed by atoms with Gasteiger partial charge in [0, 0.05) is 12.8 Å². The van der Waals surface area contributed by atoms with Crippen LogP contribution >= 0.6 is 0 Å². The molecule has 0 saturated heterocycles. The summed E-state index contributed by atoms with van der Waals surface area (Å²) in [5.41, 5.74) is 1.33. The maximum absolute atomic E-state index is 11.4. The lowest BCUT2D eigenvalue weighted by Gasteiger charge is -2.36. The highest BCUT2D eigenvalue weighted by atomic mass is 28.4. The molecule has 2 atom stereocenters. The van der Waals surface area contributed by atoms with Gasteiger partial charge in [-0.25, -0.2) is 0 Å². The predicted molar refractivity (Wildman–Crippen MR) is 127 cm³/mol. The van der Waals surface area contributed by atoms with Gasteiger partial charge in [0.05, 0.1) is 17.8 Å². The van der Waals surface area contributed by atoms with Gasteiger partial charge in [-0.2, -0.15) is 0 Å². The maximum atomic E-state index is 11.4. The highest BCUT2D eigenvalue weighted by molar-refractivity contribution is 6.70. The van der Waals surface area contributed by atoms with E-state index in [1.807, 2.05) is 43.3 Å². The molecule has 0 heterocycles. The van der Waals surface area contributed by atoms with Crippen LogP contribution in [-0.4, -0.2) is 27.3 Å². The van der Waals surface area contributed by atoms with Gasteiger partial charge in [0.2, 0.25) is 0 Å². The van der Waals surface area contributed by atoms with Crippen molar-refractivity contribution in [2.75, 3.05) is 0 Å². The normalized spacial score (nSPS) is 15.2. The van der Waals surface area contributed by atoms with Gasteiger partial charge in [-0.3, -0.25) is 0 Å². The minimum atomic E-state index is -1.78. The zero-order valence-corrected chi connectivity index (χ0v) is 21.1. The van der Waals surface area contributed by atoms with Gasteiger partial charge in [-0.15, -0.1) is 0 Å². The van der Waals surface area contributed by atoms with Crippen LogP contribution in [0.3, 0.4) is 0 Å². The van der Waals surface area contributed by atoms with Crippen LogP contribution in [0.5, 0.6) is 0 Å². The second kappa shape index (κ2) is 9.71. The summed E-state index contributed by atoms with van der Waals surface area (Å²) >= 11 is 0. The monoisotopic (exact) mass is 430 g/mol. The third-order valence-electron chi connectivity index (χ3n) is 4.58. The van der Waals surface area contributed by atoms with Crippen LogP contribution < -0.4 is 0 Å². The Kier molecular flexibility index (Phi) is 8.04. The van der Waals surface area contributed by atoms with Crippen molar-refractivity contribution in [3.8, 4) is 0 Å². The van der Waals surface area contributed by atoms with Crippen LogP contribution in [-0.2, 0) is 8.85 Å². The Balaban J connectivity index is 2.24. The molecule has 0 bridgehead atoms. The zero-order chi connectivity index (χ0) is 21.7. The van der Waals surface area contributed by atoms with E-state index in [9.17, 15) is 5.11 Å². The van der Waals surface area contributed by atoms with E-state index in [1.165, 1.54) is 0 Å². The van der Waals surface area contributed by atoms with Crippen molar-refractivity contribution in [2.24, 2.45) is 0 Å². The van der Waals surface area contributed by atoms with E-state index in [0.717, 1.165) is 11.1 Å². The summed E-state index contributed by atoms with van der Waals surface area (Å²) in [4.78, 5) is 0. The molecule has 1 N–H and O–H groups in total. The Morgan fingerprint density at radius 2 is 1.00 bits per heavy atom. The van der Waals surface area contributed by atoms with E-state index in [1.54, 1.807) is 0 Å². The fraction of sp³-hybridized carbons (Fsp3) is 0.500. The summed E-state index contributed by atoms with van der Waals surface area (Å²) in [7, 11) is -3.56. The minimum Gasteiger partial charge on any atom is -0.411 e. The van der Waals surface area contributed by atoms with Crippen molar-refractivity contribution >= 4 is 16.6 Å². The van der Waals surface area contributed by atoms with E-state index >= 15 is 0 Å². The molecule has 3 nitrogen and oxygen atoms in total. The first-order valence-electron chi connectivity index (χ1n) is 10.5. The molecule has 0 aliphatic carbocycles. The van der Waals surface area contributed by atoms with Gasteiger partial charge >= 0.3 is 0 Å². The van der Waals surface area contributed by atoms with Crippen molar-refractivity contribution in [3.63, 3.8) is 0 Å². The van der Waals surface area contributed by atoms with Crippen LogP contribution in [0.4, 0.5) is 0 Å². The summed E-state index contributed by atoms with van der Waals surface area (Å²) in [5.74, 6) is 0. The Bertz CT molecular complexity index is 671. The van der Waals surface area contributed by atoms with Gasteiger partial charge in [0.25, 0.3) is 0 Å². The topological polar surface area (TPSA) is 38.7 Å². The number of hydrogen-bond acceptors (Lipinski definition) is 3. The molecule has 2 rings (SSSR count). The first-order chi connectivity index (χ1) is 13.3.